The summed E-state index contributed by atoms with van der Waals surface area (Å²) in [6.45, 7) is 5.93. The summed E-state index contributed by atoms with van der Waals surface area (Å²) in [5.41, 5.74) is 4.62. The highest BCUT2D eigenvalue weighted by atomic mass is 16.1. The van der Waals surface area contributed by atoms with Gasteiger partial charge >= 0.3 is 0 Å². The predicted octanol–water partition coefficient (Wildman–Crippen LogP) is 4.33. The Labute approximate surface area is 153 Å². The van der Waals surface area contributed by atoms with Crippen LogP contribution in [0.1, 0.15) is 29.8 Å². The maximum absolute atomic E-state index is 12.1. The molecule has 0 saturated heterocycles. The first-order valence-corrected chi connectivity index (χ1v) is 8.58. The van der Waals surface area contributed by atoms with E-state index >= 15 is 0 Å². The second-order valence-corrected chi connectivity index (χ2v) is 6.50. The van der Waals surface area contributed by atoms with Gasteiger partial charge in [0.1, 0.15) is 0 Å². The smallest absolute Gasteiger partial charge is 0.251 e. The fraction of sp³-hybridized carbons (Fsp3) is 0.190. The summed E-state index contributed by atoms with van der Waals surface area (Å²) in [6, 6.07) is 15.6. The zero-order chi connectivity index (χ0) is 18.5. The Bertz CT molecular complexity index is 887. The Morgan fingerprint density at radius 1 is 0.962 bits per heavy atom. The van der Waals surface area contributed by atoms with Gasteiger partial charge in [0, 0.05) is 35.2 Å². The minimum absolute atomic E-state index is 0.0942. The molecule has 1 amide bonds. The molecule has 0 atom stereocenters. The van der Waals surface area contributed by atoms with Crippen molar-refractivity contribution in [1.82, 2.24) is 15.3 Å². The molecule has 132 valence electrons. The number of anilines is 2. The van der Waals surface area contributed by atoms with Crippen molar-refractivity contribution in [2.75, 3.05) is 5.32 Å². The van der Waals surface area contributed by atoms with Crippen molar-refractivity contribution < 1.29 is 4.79 Å². The fourth-order valence-corrected chi connectivity index (χ4v) is 2.50. The second-order valence-electron chi connectivity index (χ2n) is 6.50. The van der Waals surface area contributed by atoms with Crippen molar-refractivity contribution in [3.63, 3.8) is 0 Å². The number of carbonyl (C=O) groups is 1. The van der Waals surface area contributed by atoms with E-state index in [1.807, 2.05) is 26.0 Å². The summed E-state index contributed by atoms with van der Waals surface area (Å²) in [5, 5.41) is 6.02. The maximum Gasteiger partial charge on any atom is 0.251 e. The minimum atomic E-state index is -0.0979. The largest absolute Gasteiger partial charge is 0.350 e. The minimum Gasteiger partial charge on any atom is -0.350 e. The number of aryl methyl sites for hydroxylation is 1. The molecule has 3 aromatic rings. The van der Waals surface area contributed by atoms with Crippen LogP contribution in [-0.2, 0) is 0 Å². The molecule has 2 aromatic carbocycles. The van der Waals surface area contributed by atoms with Crippen LogP contribution in [0.3, 0.4) is 0 Å². The molecule has 0 unspecified atom stereocenters. The lowest BCUT2D eigenvalue weighted by atomic mass is 10.1. The number of rotatable bonds is 5. The maximum atomic E-state index is 12.1. The molecule has 2 N–H and O–H groups in total. The van der Waals surface area contributed by atoms with Gasteiger partial charge in [0.05, 0.1) is 0 Å². The van der Waals surface area contributed by atoms with Gasteiger partial charge in [0.25, 0.3) is 5.91 Å². The van der Waals surface area contributed by atoms with E-state index in [2.05, 4.69) is 51.8 Å². The highest BCUT2D eigenvalue weighted by Crippen LogP contribution is 2.20. The van der Waals surface area contributed by atoms with E-state index in [1.165, 1.54) is 5.56 Å². The van der Waals surface area contributed by atoms with E-state index in [4.69, 9.17) is 0 Å². The summed E-state index contributed by atoms with van der Waals surface area (Å²) in [5.74, 6) is 0.390. The zero-order valence-corrected chi connectivity index (χ0v) is 15.2. The van der Waals surface area contributed by atoms with Gasteiger partial charge in [0.2, 0.25) is 5.95 Å². The van der Waals surface area contributed by atoms with E-state index in [1.54, 1.807) is 24.5 Å². The molecule has 3 rings (SSSR count). The average Bonchev–Trinajstić information content (AvgIpc) is 2.63. The van der Waals surface area contributed by atoms with Crippen LogP contribution >= 0.6 is 0 Å². The Hall–Kier alpha value is -3.21. The van der Waals surface area contributed by atoms with E-state index in [9.17, 15) is 4.79 Å². The second kappa shape index (κ2) is 7.78. The lowest BCUT2D eigenvalue weighted by Crippen LogP contribution is -2.30. The van der Waals surface area contributed by atoms with Crippen molar-refractivity contribution in [3.05, 3.63) is 72.1 Å². The normalized spacial score (nSPS) is 10.6. The van der Waals surface area contributed by atoms with Crippen LogP contribution < -0.4 is 10.6 Å². The Kier molecular flexibility index (Phi) is 5.27. The SMILES string of the molecule is Cc1ccc(-c2cnc(Nc3cccc(C(=O)NC(C)C)c3)nc2)cc1. The molecular formula is C21H22N4O. The molecule has 0 radical (unpaired) electrons. The quantitative estimate of drug-likeness (QED) is 0.721. The summed E-state index contributed by atoms with van der Waals surface area (Å²) in [4.78, 5) is 20.9. The number of hydrogen-bond donors (Lipinski definition) is 2. The molecule has 0 aliphatic heterocycles. The zero-order valence-electron chi connectivity index (χ0n) is 15.2. The number of nitrogens with zero attached hydrogens (tertiary/aromatic N) is 2. The van der Waals surface area contributed by atoms with Crippen LogP contribution in [0.5, 0.6) is 0 Å². The molecule has 0 bridgehead atoms. The van der Waals surface area contributed by atoms with Gasteiger partial charge in [-0.05, 0) is 44.5 Å². The van der Waals surface area contributed by atoms with E-state index in [0.29, 0.717) is 11.5 Å². The Morgan fingerprint density at radius 3 is 2.31 bits per heavy atom. The molecule has 0 aliphatic rings. The number of carbonyl (C=O) groups excluding carboxylic acids is 1. The third-order valence-corrected chi connectivity index (χ3v) is 3.84. The molecule has 0 spiro atoms. The van der Waals surface area contributed by atoms with Crippen molar-refractivity contribution >= 4 is 17.5 Å². The van der Waals surface area contributed by atoms with Gasteiger partial charge < -0.3 is 10.6 Å². The lowest BCUT2D eigenvalue weighted by molar-refractivity contribution is 0.0943. The summed E-state index contributed by atoms with van der Waals surface area (Å²) < 4.78 is 0. The fourth-order valence-electron chi connectivity index (χ4n) is 2.50. The van der Waals surface area contributed by atoms with Gasteiger partial charge in [-0.3, -0.25) is 4.79 Å². The topological polar surface area (TPSA) is 66.9 Å². The predicted molar refractivity (Wildman–Crippen MR) is 105 cm³/mol. The number of hydrogen-bond acceptors (Lipinski definition) is 4. The molecule has 0 saturated carbocycles. The number of benzene rings is 2. The Balaban J connectivity index is 1.73. The molecule has 0 fully saturated rings. The number of aromatic nitrogens is 2. The van der Waals surface area contributed by atoms with Crippen LogP contribution in [-0.4, -0.2) is 21.9 Å². The van der Waals surface area contributed by atoms with Crippen LogP contribution in [0.4, 0.5) is 11.6 Å². The summed E-state index contributed by atoms with van der Waals surface area (Å²) in [7, 11) is 0. The average molecular weight is 346 g/mol. The molecule has 1 heterocycles. The van der Waals surface area contributed by atoms with Gasteiger partial charge in [-0.15, -0.1) is 0 Å². The summed E-state index contributed by atoms with van der Waals surface area (Å²) in [6.07, 6.45) is 3.57. The van der Waals surface area contributed by atoms with Crippen LogP contribution in [0.2, 0.25) is 0 Å². The summed E-state index contributed by atoms with van der Waals surface area (Å²) >= 11 is 0. The highest BCUT2D eigenvalue weighted by Gasteiger charge is 2.08. The lowest BCUT2D eigenvalue weighted by Gasteiger charge is -2.10. The first-order valence-electron chi connectivity index (χ1n) is 8.58. The van der Waals surface area contributed by atoms with Gasteiger partial charge in [0.15, 0.2) is 0 Å². The highest BCUT2D eigenvalue weighted by molar-refractivity contribution is 5.95. The molecule has 5 nitrogen and oxygen atoms in total. The van der Waals surface area contributed by atoms with E-state index in [0.717, 1.165) is 16.8 Å². The Morgan fingerprint density at radius 2 is 1.65 bits per heavy atom. The van der Waals surface area contributed by atoms with Crippen molar-refractivity contribution in [2.24, 2.45) is 0 Å². The number of nitrogens with one attached hydrogen (secondary N) is 2. The van der Waals surface area contributed by atoms with Crippen LogP contribution in [0, 0.1) is 6.92 Å². The molecular weight excluding hydrogens is 324 g/mol. The van der Waals surface area contributed by atoms with E-state index < -0.39 is 0 Å². The molecule has 0 aliphatic carbocycles. The molecule has 1 aromatic heterocycles. The van der Waals surface area contributed by atoms with Crippen molar-refractivity contribution in [2.45, 2.75) is 26.8 Å². The first kappa shape index (κ1) is 17.6. The van der Waals surface area contributed by atoms with Crippen molar-refractivity contribution in [3.8, 4) is 11.1 Å². The monoisotopic (exact) mass is 346 g/mol. The van der Waals surface area contributed by atoms with Gasteiger partial charge in [-0.25, -0.2) is 9.97 Å². The molecule has 5 heteroatoms. The van der Waals surface area contributed by atoms with Crippen LogP contribution in [0.25, 0.3) is 11.1 Å². The first-order chi connectivity index (χ1) is 12.5. The van der Waals surface area contributed by atoms with Crippen molar-refractivity contribution in [1.29, 1.82) is 0 Å². The number of amides is 1. The third-order valence-electron chi connectivity index (χ3n) is 3.84. The molecule has 26 heavy (non-hydrogen) atoms. The third kappa shape index (κ3) is 4.45. The van der Waals surface area contributed by atoms with Gasteiger partial charge in [-0.1, -0.05) is 35.9 Å². The van der Waals surface area contributed by atoms with E-state index in [-0.39, 0.29) is 11.9 Å². The van der Waals surface area contributed by atoms with Gasteiger partial charge in [-0.2, -0.15) is 0 Å². The van der Waals surface area contributed by atoms with Crippen LogP contribution in [0.15, 0.2) is 60.9 Å². The standard InChI is InChI=1S/C21H22N4O/c1-14(2)24-20(26)17-5-4-6-19(11-17)25-21-22-12-18(13-23-21)16-9-7-15(3)8-10-16/h4-14H,1-3H3,(H,24,26)(H,22,23,25).